The molecule has 1 aromatic heterocycles. The van der Waals surface area contributed by atoms with Crippen LogP contribution in [0.5, 0.6) is 5.75 Å². The Hall–Kier alpha value is -4.39. The van der Waals surface area contributed by atoms with Crippen LogP contribution in [0.25, 0.3) is 22.8 Å². The monoisotopic (exact) mass is 489 g/mol. The fraction of sp³-hybridized carbons (Fsp3) is 0.346. The highest BCUT2D eigenvalue weighted by molar-refractivity contribution is 5.77. The third kappa shape index (κ3) is 5.30. The number of carboxylic acid groups (broad SMARTS) is 1. The van der Waals surface area contributed by atoms with Crippen LogP contribution in [0.3, 0.4) is 0 Å². The van der Waals surface area contributed by atoms with Gasteiger partial charge >= 0.3 is 6.09 Å². The molecule has 10 nitrogen and oxygen atoms in total. The number of rotatable bonds is 7. The Kier molecular flexibility index (Phi) is 7.20. The number of benzene rings is 2. The molecule has 0 atom stereocenters. The topological polar surface area (TPSA) is 142 Å². The summed E-state index contributed by atoms with van der Waals surface area (Å²) in [4.78, 5) is 29.4. The molecule has 0 unspecified atom stereocenters. The second-order valence-electron chi connectivity index (χ2n) is 8.84. The fourth-order valence-corrected chi connectivity index (χ4v) is 4.29. The lowest BCUT2D eigenvalue weighted by Crippen LogP contribution is -2.38. The van der Waals surface area contributed by atoms with Gasteiger partial charge in [-0.1, -0.05) is 17.3 Å². The van der Waals surface area contributed by atoms with Gasteiger partial charge in [0.1, 0.15) is 11.8 Å². The first kappa shape index (κ1) is 24.7. The van der Waals surface area contributed by atoms with Crippen molar-refractivity contribution in [2.75, 3.05) is 13.1 Å². The molecule has 4 rings (SSSR count). The second kappa shape index (κ2) is 10.5. The van der Waals surface area contributed by atoms with Crippen LogP contribution in [0.15, 0.2) is 34.9 Å². The summed E-state index contributed by atoms with van der Waals surface area (Å²) in [5.74, 6) is 1.18. The average molecular weight is 490 g/mol. The molecule has 2 amide bonds. The summed E-state index contributed by atoms with van der Waals surface area (Å²) in [5, 5.41) is 24.6. The molecule has 2 aromatic carbocycles. The number of nitrogens with one attached hydrogen (secondary N) is 1. The molecule has 0 spiro atoms. The van der Waals surface area contributed by atoms with E-state index in [0.29, 0.717) is 48.1 Å². The van der Waals surface area contributed by atoms with E-state index in [9.17, 15) is 14.9 Å². The van der Waals surface area contributed by atoms with Gasteiger partial charge in [-0.3, -0.25) is 4.79 Å². The molecule has 0 saturated carbocycles. The van der Waals surface area contributed by atoms with Crippen LogP contribution in [-0.4, -0.2) is 51.3 Å². The summed E-state index contributed by atoms with van der Waals surface area (Å²) in [6.07, 6.45) is -0.380. The highest BCUT2D eigenvalue weighted by Crippen LogP contribution is 2.32. The van der Waals surface area contributed by atoms with Crippen molar-refractivity contribution in [3.05, 3.63) is 52.6 Å². The third-order valence-corrected chi connectivity index (χ3v) is 6.03. The van der Waals surface area contributed by atoms with Crippen LogP contribution in [0.2, 0.25) is 0 Å². The quantitative estimate of drug-likeness (QED) is 0.509. The van der Waals surface area contributed by atoms with Crippen molar-refractivity contribution in [3.63, 3.8) is 0 Å². The minimum atomic E-state index is -1.14. The number of fused-ring (bicyclic) bond motifs is 1. The van der Waals surface area contributed by atoms with Gasteiger partial charge in [-0.05, 0) is 62.1 Å². The van der Waals surface area contributed by atoms with Crippen molar-refractivity contribution in [1.82, 2.24) is 20.4 Å². The smallest absolute Gasteiger partial charge is 0.404 e. The van der Waals surface area contributed by atoms with E-state index >= 15 is 0 Å². The minimum absolute atomic E-state index is 0.0518. The highest BCUT2D eigenvalue weighted by atomic mass is 16.5. The maximum Gasteiger partial charge on any atom is 0.404 e. The van der Waals surface area contributed by atoms with Gasteiger partial charge in [-0.2, -0.15) is 10.2 Å². The molecule has 36 heavy (non-hydrogen) atoms. The summed E-state index contributed by atoms with van der Waals surface area (Å²) >= 11 is 0. The lowest BCUT2D eigenvalue weighted by atomic mass is 9.91. The number of amides is 2. The first-order valence-electron chi connectivity index (χ1n) is 11.7. The van der Waals surface area contributed by atoms with Gasteiger partial charge in [0.05, 0.1) is 11.7 Å². The Morgan fingerprint density at radius 1 is 1.31 bits per heavy atom. The van der Waals surface area contributed by atoms with Gasteiger partial charge in [0, 0.05) is 37.2 Å². The van der Waals surface area contributed by atoms with Crippen LogP contribution >= 0.6 is 0 Å². The van der Waals surface area contributed by atoms with E-state index in [4.69, 9.17) is 14.4 Å². The molecule has 2 N–H and O–H groups in total. The molecule has 1 aliphatic heterocycles. The molecule has 0 bridgehead atoms. The van der Waals surface area contributed by atoms with Gasteiger partial charge in [-0.15, -0.1) is 0 Å². The number of hydrogen-bond acceptors (Lipinski definition) is 7. The Morgan fingerprint density at radius 3 is 2.83 bits per heavy atom. The van der Waals surface area contributed by atoms with E-state index < -0.39 is 6.09 Å². The van der Waals surface area contributed by atoms with Crippen molar-refractivity contribution >= 4 is 12.0 Å². The van der Waals surface area contributed by atoms with Crippen LogP contribution in [-0.2, 0) is 17.8 Å². The molecule has 186 valence electrons. The summed E-state index contributed by atoms with van der Waals surface area (Å²) in [7, 11) is 0. The Labute approximate surface area is 208 Å². The number of carbonyl (C=O) groups excluding carboxylic acids is 1. The zero-order valence-corrected chi connectivity index (χ0v) is 20.4. The van der Waals surface area contributed by atoms with E-state index in [1.165, 1.54) is 0 Å². The third-order valence-electron chi connectivity index (χ3n) is 6.03. The SMILES string of the molecule is Cc1c(-c2noc(-c3ccc(OC(C)C)c(C#N)c3)n2)ccc2c1CCN(C(=O)CCNC(=O)O)C2. The number of nitrogens with zero attached hydrogens (tertiary/aromatic N) is 4. The van der Waals surface area contributed by atoms with E-state index in [2.05, 4.69) is 21.5 Å². The summed E-state index contributed by atoms with van der Waals surface area (Å²) in [6, 6.07) is 11.2. The Morgan fingerprint density at radius 2 is 2.11 bits per heavy atom. The molecule has 0 aliphatic carbocycles. The predicted molar refractivity (Wildman–Crippen MR) is 130 cm³/mol. The number of nitriles is 1. The summed E-state index contributed by atoms with van der Waals surface area (Å²) in [6.45, 7) is 6.93. The fourth-order valence-electron chi connectivity index (χ4n) is 4.29. The van der Waals surface area contributed by atoms with Crippen molar-refractivity contribution < 1.29 is 24.0 Å². The molecule has 10 heteroatoms. The number of carbonyl (C=O) groups is 2. The average Bonchev–Trinajstić information content (AvgIpc) is 3.33. The standard InChI is InChI=1S/C26H27N5O5/c1-15(2)35-22-7-5-17(12-19(22)13-27)25-29-24(30-36-25)21-6-4-18-14-31(11-9-20(18)16(21)3)23(32)8-10-28-26(33)34/h4-7,12,15,28H,8-11,14H2,1-3H3,(H,33,34). The molecular weight excluding hydrogens is 462 g/mol. The van der Waals surface area contributed by atoms with Crippen LogP contribution in [0, 0.1) is 18.3 Å². The van der Waals surface area contributed by atoms with Crippen LogP contribution < -0.4 is 10.1 Å². The van der Waals surface area contributed by atoms with E-state index in [1.807, 2.05) is 32.9 Å². The van der Waals surface area contributed by atoms with Crippen LogP contribution in [0.4, 0.5) is 4.79 Å². The van der Waals surface area contributed by atoms with E-state index in [0.717, 1.165) is 22.3 Å². The van der Waals surface area contributed by atoms with Crippen molar-refractivity contribution in [2.24, 2.45) is 0 Å². The molecule has 0 saturated heterocycles. The van der Waals surface area contributed by atoms with Crippen molar-refractivity contribution in [2.45, 2.75) is 46.3 Å². The van der Waals surface area contributed by atoms with Gasteiger partial charge in [-0.25, -0.2) is 4.79 Å². The number of hydrogen-bond donors (Lipinski definition) is 2. The van der Waals surface area contributed by atoms with Crippen molar-refractivity contribution in [3.8, 4) is 34.7 Å². The lowest BCUT2D eigenvalue weighted by Gasteiger charge is -2.30. The molecule has 3 aromatic rings. The number of aromatic nitrogens is 2. The van der Waals surface area contributed by atoms with Gasteiger partial charge in [0.2, 0.25) is 11.7 Å². The predicted octanol–water partition coefficient (Wildman–Crippen LogP) is 3.91. The molecule has 0 fully saturated rings. The molecular formula is C26H27N5O5. The van der Waals surface area contributed by atoms with Crippen molar-refractivity contribution in [1.29, 1.82) is 5.26 Å². The normalized spacial score (nSPS) is 12.7. The number of ether oxygens (including phenoxy) is 1. The summed E-state index contributed by atoms with van der Waals surface area (Å²) < 4.78 is 11.2. The zero-order valence-electron chi connectivity index (χ0n) is 20.4. The summed E-state index contributed by atoms with van der Waals surface area (Å²) in [5.41, 5.74) is 5.08. The van der Waals surface area contributed by atoms with E-state index in [-0.39, 0.29) is 25.0 Å². The Bertz CT molecular complexity index is 1340. The van der Waals surface area contributed by atoms with Gasteiger partial charge in [0.15, 0.2) is 0 Å². The first-order valence-corrected chi connectivity index (χ1v) is 11.7. The zero-order chi connectivity index (χ0) is 25.8. The van der Waals surface area contributed by atoms with Crippen LogP contribution in [0.1, 0.15) is 42.5 Å². The molecule has 0 radical (unpaired) electrons. The van der Waals surface area contributed by atoms with E-state index in [1.54, 1.807) is 23.1 Å². The lowest BCUT2D eigenvalue weighted by molar-refractivity contribution is -0.131. The molecule has 2 heterocycles. The second-order valence-corrected chi connectivity index (χ2v) is 8.84. The molecule has 1 aliphatic rings. The first-order chi connectivity index (χ1) is 17.3. The Balaban J connectivity index is 1.52. The maximum atomic E-state index is 12.5. The maximum absolute atomic E-state index is 12.5. The van der Waals surface area contributed by atoms with Gasteiger partial charge in [0.25, 0.3) is 5.89 Å². The minimum Gasteiger partial charge on any atom is -0.490 e. The highest BCUT2D eigenvalue weighted by Gasteiger charge is 2.24. The largest absolute Gasteiger partial charge is 0.490 e. The van der Waals surface area contributed by atoms with Gasteiger partial charge < -0.3 is 24.6 Å².